The fraction of sp³-hybridized carbons (Fsp3) is 0.125. The number of aromatic amines is 1. The molecule has 3 aromatic carbocycles. The largest absolute Gasteiger partial charge is 0.354 e. The van der Waals surface area contributed by atoms with E-state index in [4.69, 9.17) is 18.0 Å². The van der Waals surface area contributed by atoms with E-state index in [0.29, 0.717) is 17.5 Å². The molecule has 4 aromatic rings. The third-order valence-electron chi connectivity index (χ3n) is 5.02. The maximum absolute atomic E-state index is 12.6. The third-order valence-corrected chi connectivity index (χ3v) is 5.25. The van der Waals surface area contributed by atoms with E-state index in [0.717, 1.165) is 45.8 Å². The van der Waals surface area contributed by atoms with Gasteiger partial charge in [0.15, 0.2) is 0 Å². The molecule has 0 fully saturated rings. The molecule has 29 heavy (non-hydrogen) atoms. The van der Waals surface area contributed by atoms with Gasteiger partial charge in [-0.3, -0.25) is 4.79 Å². The molecular weight excluding hydrogens is 378 g/mol. The second-order valence-corrected chi connectivity index (χ2v) is 7.24. The number of carbonyl (C=O) groups is 1. The number of para-hydroxylation sites is 1. The van der Waals surface area contributed by atoms with Crippen LogP contribution >= 0.6 is 12.2 Å². The normalized spacial score (nSPS) is 11.8. The Balaban J connectivity index is 1.73. The summed E-state index contributed by atoms with van der Waals surface area (Å²) in [6.07, 6.45) is 1.73. The summed E-state index contributed by atoms with van der Waals surface area (Å²) in [7, 11) is 0. The molecule has 0 spiro atoms. The first-order chi connectivity index (χ1) is 14.2. The van der Waals surface area contributed by atoms with Gasteiger partial charge in [-0.2, -0.15) is 0 Å². The molecule has 0 radical (unpaired) electrons. The van der Waals surface area contributed by atoms with Gasteiger partial charge in [-0.05, 0) is 53.6 Å². The van der Waals surface area contributed by atoms with Crippen molar-refractivity contribution < 1.29 is 4.79 Å². The van der Waals surface area contributed by atoms with Crippen LogP contribution in [0.4, 0.5) is 0 Å². The predicted octanol–water partition coefficient (Wildman–Crippen LogP) is 4.45. The minimum atomic E-state index is -0.260. The Kier molecular flexibility index (Phi) is 5.60. The zero-order valence-corrected chi connectivity index (χ0v) is 16.7. The second-order valence-electron chi connectivity index (χ2n) is 6.91. The van der Waals surface area contributed by atoms with Gasteiger partial charge in [-0.25, -0.2) is 4.99 Å². The molecule has 0 unspecified atom stereocenters. The zero-order valence-electron chi connectivity index (χ0n) is 15.9. The summed E-state index contributed by atoms with van der Waals surface area (Å²) in [6, 6.07) is 21.3. The number of amides is 1. The molecule has 0 aliphatic carbocycles. The average Bonchev–Trinajstić information content (AvgIpc) is 2.97. The number of carbonyl (C=O) groups excluding carboxylic acids is 1. The zero-order chi connectivity index (χ0) is 20.2. The molecule has 1 amide bonds. The Morgan fingerprint density at radius 1 is 1.03 bits per heavy atom. The maximum Gasteiger partial charge on any atom is 0.277 e. The van der Waals surface area contributed by atoms with Crippen molar-refractivity contribution in [1.82, 2.24) is 4.98 Å². The number of rotatable bonds is 5. The lowest BCUT2D eigenvalue weighted by Gasteiger charge is -1.99. The number of hydrogen-bond donors (Lipinski definition) is 2. The highest BCUT2D eigenvalue weighted by atomic mass is 32.1. The molecule has 0 aliphatic heterocycles. The van der Waals surface area contributed by atoms with Crippen molar-refractivity contribution in [2.75, 3.05) is 0 Å². The van der Waals surface area contributed by atoms with E-state index < -0.39 is 0 Å². The first-order valence-corrected chi connectivity index (χ1v) is 10.0. The monoisotopic (exact) mass is 399 g/mol. The molecular formula is C24H21N3OS. The summed E-state index contributed by atoms with van der Waals surface area (Å²) in [6.45, 7) is 0.465. The molecule has 4 rings (SSSR count). The van der Waals surface area contributed by atoms with Gasteiger partial charge in [-0.15, -0.1) is 0 Å². The van der Waals surface area contributed by atoms with Crippen LogP contribution in [0.25, 0.3) is 21.8 Å². The van der Waals surface area contributed by atoms with Crippen molar-refractivity contribution >= 4 is 45.3 Å². The molecule has 3 N–H and O–H groups in total. The van der Waals surface area contributed by atoms with Crippen molar-refractivity contribution in [2.45, 2.75) is 19.4 Å². The van der Waals surface area contributed by atoms with Crippen LogP contribution in [0, 0.1) is 0 Å². The number of nitrogens with one attached hydrogen (secondary N) is 1. The number of hydrogen-bond acceptors (Lipinski definition) is 3. The number of H-pyrrole nitrogens is 1. The van der Waals surface area contributed by atoms with E-state index in [1.165, 1.54) is 0 Å². The van der Waals surface area contributed by atoms with Gasteiger partial charge in [0, 0.05) is 28.4 Å². The van der Waals surface area contributed by atoms with Gasteiger partial charge in [0.05, 0.1) is 10.9 Å². The van der Waals surface area contributed by atoms with Crippen molar-refractivity contribution in [3.63, 3.8) is 0 Å². The van der Waals surface area contributed by atoms with Gasteiger partial charge in [0.25, 0.3) is 5.91 Å². The van der Waals surface area contributed by atoms with Gasteiger partial charge in [-0.1, -0.05) is 54.7 Å². The van der Waals surface area contributed by atoms with E-state index in [2.05, 4.69) is 16.0 Å². The number of thiocarbonyl (C=S) groups is 1. The highest BCUT2D eigenvalue weighted by Crippen LogP contribution is 2.26. The van der Waals surface area contributed by atoms with E-state index >= 15 is 0 Å². The molecule has 0 saturated carbocycles. The smallest absolute Gasteiger partial charge is 0.277 e. The van der Waals surface area contributed by atoms with Crippen molar-refractivity contribution in [3.05, 3.63) is 88.8 Å². The highest BCUT2D eigenvalue weighted by molar-refractivity contribution is 7.78. The van der Waals surface area contributed by atoms with Crippen LogP contribution in [0.15, 0.2) is 71.7 Å². The van der Waals surface area contributed by atoms with Crippen LogP contribution < -0.4 is 11.1 Å². The number of fused-ring (bicyclic) bond motifs is 3. The number of aryl methyl sites for hydroxylation is 1. The Hall–Kier alpha value is -3.15. The molecule has 4 nitrogen and oxygen atoms in total. The fourth-order valence-electron chi connectivity index (χ4n) is 3.51. The fourth-order valence-corrected chi connectivity index (χ4v) is 3.63. The lowest BCUT2D eigenvalue weighted by atomic mass is 10.1. The molecule has 0 saturated heterocycles. The van der Waals surface area contributed by atoms with E-state index in [1.807, 2.05) is 60.7 Å². The SMILES string of the molecule is NCc1cccc2c1[nH]c1cc(=NC(=O)c3ccc(CCC=S)cc3)cccc12. The van der Waals surface area contributed by atoms with Gasteiger partial charge < -0.3 is 10.7 Å². The molecule has 5 heteroatoms. The Bertz CT molecular complexity index is 1270. The average molecular weight is 400 g/mol. The van der Waals surface area contributed by atoms with Gasteiger partial charge in [0.1, 0.15) is 0 Å². The molecule has 1 heterocycles. The summed E-state index contributed by atoms with van der Waals surface area (Å²) in [5, 5.41) is 4.52. The van der Waals surface area contributed by atoms with Crippen molar-refractivity contribution in [3.8, 4) is 0 Å². The predicted molar refractivity (Wildman–Crippen MR) is 122 cm³/mol. The Morgan fingerprint density at radius 2 is 1.79 bits per heavy atom. The van der Waals surface area contributed by atoms with Crippen LogP contribution in [-0.4, -0.2) is 16.3 Å². The van der Waals surface area contributed by atoms with Crippen LogP contribution in [-0.2, 0) is 13.0 Å². The quantitative estimate of drug-likeness (QED) is 0.487. The number of nitrogens with two attached hydrogens (primary N) is 1. The highest BCUT2D eigenvalue weighted by Gasteiger charge is 2.07. The summed E-state index contributed by atoms with van der Waals surface area (Å²) in [5.74, 6) is -0.260. The molecule has 0 aliphatic rings. The summed E-state index contributed by atoms with van der Waals surface area (Å²) in [4.78, 5) is 20.4. The van der Waals surface area contributed by atoms with E-state index in [1.54, 1.807) is 5.37 Å². The Labute approximate surface area is 174 Å². The number of benzene rings is 2. The number of nitrogens with zero attached hydrogens (tertiary/aromatic N) is 1. The topological polar surface area (TPSA) is 71.2 Å². The van der Waals surface area contributed by atoms with E-state index in [-0.39, 0.29) is 5.91 Å². The van der Waals surface area contributed by atoms with Crippen LogP contribution in [0.5, 0.6) is 0 Å². The lowest BCUT2D eigenvalue weighted by molar-refractivity contribution is 0.0998. The van der Waals surface area contributed by atoms with E-state index in [9.17, 15) is 4.79 Å². The first kappa shape index (κ1) is 19.2. The van der Waals surface area contributed by atoms with Crippen LogP contribution in [0.1, 0.15) is 27.9 Å². The minimum absolute atomic E-state index is 0.260. The molecule has 0 atom stereocenters. The second kappa shape index (κ2) is 8.47. The summed E-state index contributed by atoms with van der Waals surface area (Å²) in [5.41, 5.74) is 10.6. The maximum atomic E-state index is 12.6. The molecule has 0 bridgehead atoms. The molecule has 144 valence electrons. The van der Waals surface area contributed by atoms with Crippen LogP contribution in [0.2, 0.25) is 0 Å². The van der Waals surface area contributed by atoms with Gasteiger partial charge >= 0.3 is 0 Å². The lowest BCUT2D eigenvalue weighted by Crippen LogP contribution is -2.04. The minimum Gasteiger partial charge on any atom is -0.354 e. The van der Waals surface area contributed by atoms with Crippen LogP contribution in [0.3, 0.4) is 0 Å². The standard InChI is InChI=1S/C24H21N3OS/c25-15-18-5-1-8-21-20-7-2-6-19(14-22(20)27-23(18)21)26-24(28)17-11-9-16(10-12-17)4-3-13-29/h1-2,5-14,27H,3-4,15,25H2. The number of aromatic nitrogens is 1. The summed E-state index contributed by atoms with van der Waals surface area (Å²) < 4.78 is 0. The van der Waals surface area contributed by atoms with Crippen molar-refractivity contribution in [2.24, 2.45) is 10.7 Å². The van der Waals surface area contributed by atoms with Gasteiger partial charge in [0.2, 0.25) is 0 Å². The third kappa shape index (κ3) is 4.01. The first-order valence-electron chi connectivity index (χ1n) is 9.55. The Morgan fingerprint density at radius 3 is 2.55 bits per heavy atom. The summed E-state index contributed by atoms with van der Waals surface area (Å²) >= 11 is 4.87. The van der Waals surface area contributed by atoms with Crippen molar-refractivity contribution in [1.29, 1.82) is 0 Å². The molecule has 1 aromatic heterocycles.